The third-order valence-electron chi connectivity index (χ3n) is 13.4. The molecule has 0 saturated heterocycles. The summed E-state index contributed by atoms with van der Waals surface area (Å²) in [7, 11) is -3.24. The zero-order valence-electron chi connectivity index (χ0n) is 41.5. The van der Waals surface area contributed by atoms with Crippen LogP contribution in [-0.2, 0) is 40.5 Å². The van der Waals surface area contributed by atoms with Crippen LogP contribution in [0.15, 0.2) is 23.2 Å². The van der Waals surface area contributed by atoms with Gasteiger partial charge in [0.1, 0.15) is 0 Å². The van der Waals surface area contributed by atoms with Crippen molar-refractivity contribution in [2.75, 3.05) is 39.0 Å². The van der Waals surface area contributed by atoms with Crippen molar-refractivity contribution in [3.63, 3.8) is 0 Å². The molecule has 0 spiro atoms. The van der Waals surface area contributed by atoms with Gasteiger partial charge in [-0.15, -0.1) is 0 Å². The van der Waals surface area contributed by atoms with Crippen LogP contribution in [0.25, 0.3) is 22.1 Å². The summed E-state index contributed by atoms with van der Waals surface area (Å²) in [4.78, 5) is 101. The molecule has 386 valence electrons. The fourth-order valence-corrected chi connectivity index (χ4v) is 9.74. The predicted octanol–water partition coefficient (Wildman–Crippen LogP) is 4.59. The Bertz CT molecular complexity index is 2830. The summed E-state index contributed by atoms with van der Waals surface area (Å²) in [6.45, 7) is 11.1. The molecule has 5 rings (SSSR count). The van der Waals surface area contributed by atoms with Crippen LogP contribution in [0.3, 0.4) is 0 Å². The highest BCUT2D eigenvalue weighted by Gasteiger charge is 2.36. The summed E-state index contributed by atoms with van der Waals surface area (Å²) in [6.07, 6.45) is 2.28. The summed E-state index contributed by atoms with van der Waals surface area (Å²) in [6, 6.07) is 5.50. The maximum Gasteiger partial charge on any atom is 0.310 e. The number of hydrogen-bond donors (Lipinski definition) is 9. The number of amides is 3. The Balaban J connectivity index is 1.66. The average Bonchev–Trinajstić information content (AvgIpc) is 3.98. The third-order valence-corrected chi connectivity index (χ3v) is 14.1. The normalized spacial score (nSPS) is 17.0. The maximum atomic E-state index is 14.3. The lowest BCUT2D eigenvalue weighted by atomic mass is 9.85. The SMILES string of the molecule is CC[C@H]1c2cc3[nH]c(c(CC(=O)OC)c4nc(cc5[nH]c(cc(n2)[C@@H]1C)c(C(C)=O)c5C)[C@@H](C)[C@@H]4CC(=O)NCC(CCC(=O)O)CNC(=O)CCCCCN=C(N)N)c(C(=O)NCCS(=O)(=O)O)c3C. The summed E-state index contributed by atoms with van der Waals surface area (Å²) in [5, 5.41) is 17.9. The van der Waals surface area contributed by atoms with Crippen molar-refractivity contribution in [2.24, 2.45) is 22.4 Å². The standard InChI is InChI=1S/C49H68N10O11S/c1-8-31-25(2)34-22-39-44(29(6)60)27(4)36(57-39)20-35-26(3)32(18-41(62)55-24-30(13-14-42(63)64)23-54-40(61)12-10-9-11-15-53-49(50)51)46(58-35)33(19-43(65)70-7)47-45(48(66)52-16-17-71(67,68)69)28(5)37(59-47)21-38(31)56-34/h20-22,25-26,30-32,57,59H,8-19,23-24H2,1-7H3,(H,52,66)(H,54,61)(H,55,62)(H,63,64)(H4,50,51,53)(H,67,68,69)/t25-,26+,30?,31-,32+/m1/s1. The van der Waals surface area contributed by atoms with Crippen molar-refractivity contribution in [1.82, 2.24) is 35.9 Å². The third kappa shape index (κ3) is 14.5. The number of ether oxygens (including phenoxy) is 1. The number of H-pyrrole nitrogens is 2. The van der Waals surface area contributed by atoms with Gasteiger partial charge in [0.15, 0.2) is 11.7 Å². The number of carboxylic acids is 1. The molecule has 3 aromatic heterocycles. The summed E-state index contributed by atoms with van der Waals surface area (Å²) >= 11 is 0. The van der Waals surface area contributed by atoms with Gasteiger partial charge in [0.25, 0.3) is 16.0 Å². The van der Waals surface area contributed by atoms with Gasteiger partial charge in [0, 0.05) is 108 Å². The number of fused-ring (bicyclic) bond motifs is 8. The highest BCUT2D eigenvalue weighted by Crippen LogP contribution is 2.43. The monoisotopic (exact) mass is 1000 g/mol. The average molecular weight is 1010 g/mol. The number of hydrogen-bond acceptors (Lipinski definition) is 12. The zero-order valence-corrected chi connectivity index (χ0v) is 42.3. The van der Waals surface area contributed by atoms with Crippen molar-refractivity contribution in [3.8, 4) is 0 Å². The van der Waals surface area contributed by atoms with Crippen LogP contribution < -0.4 is 27.4 Å². The van der Waals surface area contributed by atoms with E-state index in [2.05, 4.69) is 37.8 Å². The number of carbonyl (C=O) groups is 6. The quantitative estimate of drug-likeness (QED) is 0.0157. The Morgan fingerprint density at radius 1 is 0.831 bits per heavy atom. The number of methoxy groups -OCH3 is 1. The van der Waals surface area contributed by atoms with Crippen LogP contribution in [-0.4, -0.2) is 118 Å². The lowest BCUT2D eigenvalue weighted by Gasteiger charge is -2.21. The van der Waals surface area contributed by atoms with Crippen LogP contribution in [0, 0.1) is 19.8 Å². The van der Waals surface area contributed by atoms with Crippen LogP contribution >= 0.6 is 0 Å². The van der Waals surface area contributed by atoms with Gasteiger partial charge < -0.3 is 47.2 Å². The van der Waals surface area contributed by atoms with Gasteiger partial charge in [0.2, 0.25) is 11.8 Å². The molecule has 0 aliphatic carbocycles. The van der Waals surface area contributed by atoms with E-state index >= 15 is 0 Å². The number of ketones is 1. The number of carbonyl (C=O) groups excluding carboxylic acids is 5. The van der Waals surface area contributed by atoms with Gasteiger partial charge in [-0.1, -0.05) is 27.2 Å². The highest BCUT2D eigenvalue weighted by molar-refractivity contribution is 7.85. The van der Waals surface area contributed by atoms with E-state index in [4.69, 9.17) is 26.2 Å². The largest absolute Gasteiger partial charge is 0.481 e. The van der Waals surface area contributed by atoms with Crippen LogP contribution in [0.1, 0.15) is 163 Å². The smallest absolute Gasteiger partial charge is 0.310 e. The van der Waals surface area contributed by atoms with Gasteiger partial charge in [0.05, 0.1) is 41.6 Å². The summed E-state index contributed by atoms with van der Waals surface area (Å²) in [5.74, 6) is -5.89. The number of aliphatic carboxylic acids is 1. The Labute approximate surface area is 412 Å². The number of unbranched alkanes of at least 4 members (excludes halogenated alkanes) is 2. The topological polar surface area (TPSA) is 344 Å². The van der Waals surface area contributed by atoms with Gasteiger partial charge in [-0.3, -0.25) is 48.3 Å². The Morgan fingerprint density at radius 2 is 1.45 bits per heavy atom. The second-order valence-electron chi connectivity index (χ2n) is 18.4. The van der Waals surface area contributed by atoms with E-state index in [1.54, 1.807) is 13.0 Å². The van der Waals surface area contributed by atoms with E-state index < -0.39 is 70.3 Å². The first-order valence-corrected chi connectivity index (χ1v) is 25.5. The molecule has 0 radical (unpaired) electrons. The molecule has 3 aromatic rings. The molecule has 2 aliphatic rings. The van der Waals surface area contributed by atoms with Crippen molar-refractivity contribution in [3.05, 3.63) is 68.8 Å². The van der Waals surface area contributed by atoms with Gasteiger partial charge in [-0.2, -0.15) is 8.42 Å². The second kappa shape index (κ2) is 24.4. The second-order valence-corrected chi connectivity index (χ2v) is 20.0. The number of aromatic amines is 2. The first-order valence-electron chi connectivity index (χ1n) is 23.9. The van der Waals surface area contributed by atoms with E-state index in [0.717, 1.165) is 12.1 Å². The lowest BCUT2D eigenvalue weighted by molar-refractivity contribution is -0.140. The maximum absolute atomic E-state index is 14.3. The van der Waals surface area contributed by atoms with Gasteiger partial charge in [-0.05, 0) is 81.7 Å². The zero-order chi connectivity index (χ0) is 52.3. The minimum atomic E-state index is -4.45. The highest BCUT2D eigenvalue weighted by atomic mass is 32.2. The van der Waals surface area contributed by atoms with Crippen molar-refractivity contribution < 1.29 is 51.6 Å². The first kappa shape index (κ1) is 55.2. The molecule has 0 saturated carbocycles. The summed E-state index contributed by atoms with van der Waals surface area (Å²) < 4.78 is 38.0. The fourth-order valence-electron chi connectivity index (χ4n) is 9.38. The molecule has 11 N–H and O–H groups in total. The van der Waals surface area contributed by atoms with Crippen LogP contribution in [0.5, 0.6) is 0 Å². The predicted molar refractivity (Wildman–Crippen MR) is 268 cm³/mol. The van der Waals surface area contributed by atoms with Gasteiger partial charge >= 0.3 is 11.9 Å². The van der Waals surface area contributed by atoms with Crippen molar-refractivity contribution in [1.29, 1.82) is 0 Å². The molecule has 5 atom stereocenters. The molecule has 5 heterocycles. The first-order chi connectivity index (χ1) is 33.5. The molecule has 21 nitrogen and oxygen atoms in total. The number of aryl methyl sites for hydroxylation is 2. The molecular weight excluding hydrogens is 937 g/mol. The Morgan fingerprint density at radius 3 is 2.08 bits per heavy atom. The minimum Gasteiger partial charge on any atom is -0.481 e. The van der Waals surface area contributed by atoms with E-state index in [-0.39, 0.29) is 90.6 Å². The number of nitrogens with one attached hydrogen (secondary N) is 5. The summed E-state index contributed by atoms with van der Waals surface area (Å²) in [5.41, 5.74) is 16.5. The van der Waals surface area contributed by atoms with E-state index in [1.165, 1.54) is 14.0 Å². The number of rotatable bonds is 23. The van der Waals surface area contributed by atoms with E-state index in [9.17, 15) is 46.8 Å². The molecule has 1 unspecified atom stereocenters. The van der Waals surface area contributed by atoms with Crippen LogP contribution in [0.4, 0.5) is 0 Å². The molecule has 22 heteroatoms. The fraction of sp³-hybridized carbons (Fsp3) is 0.531. The molecule has 0 aromatic carbocycles. The van der Waals surface area contributed by atoms with Gasteiger partial charge in [-0.25, -0.2) is 0 Å². The molecule has 0 fully saturated rings. The van der Waals surface area contributed by atoms with E-state index in [1.807, 2.05) is 32.9 Å². The number of carboxylic acid groups (broad SMARTS) is 1. The number of Topliss-reactive ketones (excluding diaryl/α,β-unsaturated/α-hetero) is 1. The van der Waals surface area contributed by atoms with Crippen molar-refractivity contribution >= 4 is 73.6 Å². The van der Waals surface area contributed by atoms with Crippen LogP contribution in [0.2, 0.25) is 0 Å². The molecule has 3 amide bonds. The lowest BCUT2D eigenvalue weighted by Crippen LogP contribution is -2.37. The molecule has 71 heavy (non-hydrogen) atoms. The number of aliphatic imine (C=N–C) groups is 1. The molecular formula is C49H68N10O11S. The Kier molecular flexibility index (Phi) is 19.0. The van der Waals surface area contributed by atoms with E-state index in [0.29, 0.717) is 70.4 Å². The molecule has 8 bridgehead atoms. The number of aromatic nitrogens is 4. The minimum absolute atomic E-state index is 0.000612. The number of nitrogens with zero attached hydrogens (tertiary/aromatic N) is 3. The number of guanidine groups is 1. The molecule has 2 aliphatic heterocycles. The Hall–Kier alpha value is -6.68. The number of esters is 1. The number of nitrogens with two attached hydrogens (primary N) is 2. The van der Waals surface area contributed by atoms with Crippen molar-refractivity contribution in [2.45, 2.75) is 123 Å².